The van der Waals surface area contributed by atoms with Gasteiger partial charge in [0.2, 0.25) is 0 Å². The number of Topliss-reactive ketones (excluding diaryl/α,β-unsaturated/α-hetero) is 1. The first-order valence-electron chi connectivity index (χ1n) is 12.4. The van der Waals surface area contributed by atoms with Gasteiger partial charge in [0, 0.05) is 11.8 Å². The highest BCUT2D eigenvalue weighted by atomic mass is 16.4. The van der Waals surface area contributed by atoms with Crippen molar-refractivity contribution < 1.29 is 19.8 Å². The van der Waals surface area contributed by atoms with Crippen LogP contribution in [0.15, 0.2) is 17.7 Å². The molecule has 0 saturated heterocycles. The highest BCUT2D eigenvalue weighted by Crippen LogP contribution is 2.77. The van der Waals surface area contributed by atoms with E-state index in [0.717, 1.165) is 31.2 Å². The molecule has 0 aromatic heterocycles. The lowest BCUT2D eigenvalue weighted by Gasteiger charge is -2.62. The van der Waals surface area contributed by atoms with Crippen molar-refractivity contribution >= 4 is 11.8 Å². The maximum atomic E-state index is 13.1. The second kappa shape index (κ2) is 6.31. The first kappa shape index (κ1) is 22.7. The number of carbonyl (C=O) groups is 2. The number of rotatable bonds is 1. The van der Waals surface area contributed by atoms with Crippen molar-refractivity contribution in [2.24, 2.45) is 27.6 Å². The Labute approximate surface area is 197 Å². The van der Waals surface area contributed by atoms with Gasteiger partial charge in [-0.2, -0.15) is 0 Å². The summed E-state index contributed by atoms with van der Waals surface area (Å²) in [5.41, 5.74) is 4.31. The first-order valence-corrected chi connectivity index (χ1v) is 12.4. The Balaban J connectivity index is 1.69. The maximum Gasteiger partial charge on any atom is 0.316 e. The van der Waals surface area contributed by atoms with Crippen LogP contribution in [0.25, 0.3) is 0 Å². The Bertz CT molecular complexity index is 1150. The minimum atomic E-state index is -1.31. The summed E-state index contributed by atoms with van der Waals surface area (Å²) in [6, 6.07) is 2.00. The molecule has 0 amide bonds. The van der Waals surface area contributed by atoms with Crippen molar-refractivity contribution in [3.05, 3.63) is 40.0 Å². The van der Waals surface area contributed by atoms with Crippen LogP contribution in [0.4, 0.5) is 0 Å². The molecule has 3 saturated carbocycles. The third kappa shape index (κ3) is 2.48. The van der Waals surface area contributed by atoms with Gasteiger partial charge in [0.1, 0.15) is 16.9 Å². The minimum Gasteiger partial charge on any atom is -0.508 e. The lowest BCUT2D eigenvalue weighted by Crippen LogP contribution is -2.59. The summed E-state index contributed by atoms with van der Waals surface area (Å²) in [4.78, 5) is 25.3. The number of carboxylic acid groups (broad SMARTS) is 1. The van der Waals surface area contributed by atoms with Crippen molar-refractivity contribution in [3.63, 3.8) is 0 Å². The molecule has 6 atom stereocenters. The summed E-state index contributed by atoms with van der Waals surface area (Å²) in [6.45, 7) is 15.1. The number of carboxylic acids is 1. The molecule has 4 aliphatic carbocycles. The molecule has 0 heterocycles. The van der Waals surface area contributed by atoms with E-state index >= 15 is 0 Å². The Hall–Kier alpha value is -2.10. The summed E-state index contributed by atoms with van der Waals surface area (Å²) in [7, 11) is 0. The third-order valence-corrected chi connectivity index (χ3v) is 11.4. The molecular weight excluding hydrogens is 412 g/mol. The van der Waals surface area contributed by atoms with E-state index in [1.54, 1.807) is 6.92 Å². The number of aromatic hydroxyl groups is 1. The fraction of sp³-hybridized carbons (Fsp3) is 0.655. The van der Waals surface area contributed by atoms with Crippen molar-refractivity contribution in [3.8, 4) is 5.75 Å². The van der Waals surface area contributed by atoms with Crippen LogP contribution in [-0.2, 0) is 21.4 Å². The molecule has 5 rings (SSSR count). The summed E-state index contributed by atoms with van der Waals surface area (Å²) < 4.78 is 0. The Morgan fingerprint density at radius 2 is 1.73 bits per heavy atom. The molecular formula is C29H38O4. The van der Waals surface area contributed by atoms with Gasteiger partial charge in [-0.05, 0) is 103 Å². The maximum absolute atomic E-state index is 13.1. The Morgan fingerprint density at radius 1 is 1.06 bits per heavy atom. The van der Waals surface area contributed by atoms with Crippen LogP contribution in [0, 0.1) is 41.4 Å². The fourth-order valence-corrected chi connectivity index (χ4v) is 8.92. The number of benzene rings is 1. The van der Waals surface area contributed by atoms with Crippen LogP contribution in [0.5, 0.6) is 5.75 Å². The molecule has 0 aliphatic heterocycles. The highest BCUT2D eigenvalue weighted by molar-refractivity contribution is 6.03. The zero-order chi connectivity index (χ0) is 24.4. The van der Waals surface area contributed by atoms with E-state index < -0.39 is 11.4 Å². The Morgan fingerprint density at radius 3 is 2.36 bits per heavy atom. The Kier molecular flexibility index (Phi) is 4.34. The number of allylic oxidation sites excluding steroid dienone is 2. The number of ketones is 1. The van der Waals surface area contributed by atoms with E-state index in [9.17, 15) is 19.8 Å². The van der Waals surface area contributed by atoms with E-state index in [2.05, 4.69) is 40.7 Å². The number of hydrogen-bond acceptors (Lipinski definition) is 3. The quantitative estimate of drug-likeness (QED) is 0.404. The van der Waals surface area contributed by atoms with Gasteiger partial charge in [0.25, 0.3) is 0 Å². The van der Waals surface area contributed by atoms with Gasteiger partial charge in [-0.3, -0.25) is 9.59 Å². The summed E-state index contributed by atoms with van der Waals surface area (Å²) >= 11 is 0. The molecule has 4 aliphatic rings. The first-order chi connectivity index (χ1) is 15.1. The normalized spacial score (nSPS) is 43.8. The van der Waals surface area contributed by atoms with E-state index in [1.165, 1.54) is 22.3 Å². The molecule has 0 radical (unpaired) electrons. The van der Waals surface area contributed by atoms with Crippen molar-refractivity contribution in [2.75, 3.05) is 0 Å². The molecule has 4 heteroatoms. The van der Waals surface area contributed by atoms with Gasteiger partial charge >= 0.3 is 5.97 Å². The van der Waals surface area contributed by atoms with Crippen LogP contribution in [0.2, 0.25) is 0 Å². The molecule has 1 aromatic carbocycles. The second-order valence-electron chi connectivity index (χ2n) is 12.9. The lowest BCUT2D eigenvalue weighted by molar-refractivity contribution is -0.173. The summed E-state index contributed by atoms with van der Waals surface area (Å²) in [5, 5.41) is 20.8. The number of aliphatic carboxylic acids is 1. The molecule has 4 nitrogen and oxygen atoms in total. The standard InChI is InChI=1S/C29H38O4/c1-16-17(2)20(30)12-19-18(16)8-9-21-27(19,5)15-29(7)22-13-26(4,24(32)33)23(31)14-25(22,3)10-11-28(21,29)6/h9,12,22,30H,8,10-11,13-15H2,1-7H3,(H,32,33)/t22-,25+,26+,27+,28-,29+/m1/s1. The molecule has 1 aromatic rings. The van der Waals surface area contributed by atoms with E-state index in [4.69, 9.17) is 0 Å². The number of fused-ring (bicyclic) bond motifs is 7. The lowest BCUT2D eigenvalue weighted by atomic mass is 9.41. The van der Waals surface area contributed by atoms with Gasteiger partial charge in [0.15, 0.2) is 0 Å². The average Bonchev–Trinajstić information content (AvgIpc) is 2.92. The van der Waals surface area contributed by atoms with Gasteiger partial charge < -0.3 is 10.2 Å². The van der Waals surface area contributed by atoms with Crippen LogP contribution >= 0.6 is 0 Å². The van der Waals surface area contributed by atoms with Crippen molar-refractivity contribution in [1.82, 2.24) is 0 Å². The van der Waals surface area contributed by atoms with Crippen LogP contribution < -0.4 is 0 Å². The fourth-order valence-electron chi connectivity index (χ4n) is 8.92. The van der Waals surface area contributed by atoms with Gasteiger partial charge in [0.05, 0.1) is 0 Å². The van der Waals surface area contributed by atoms with E-state index in [1.807, 2.05) is 13.0 Å². The van der Waals surface area contributed by atoms with Gasteiger partial charge in [-0.25, -0.2) is 0 Å². The zero-order valence-electron chi connectivity index (χ0n) is 21.2. The van der Waals surface area contributed by atoms with Gasteiger partial charge in [-0.1, -0.05) is 39.3 Å². The smallest absolute Gasteiger partial charge is 0.316 e. The SMILES string of the molecule is Cc1c(O)cc2c(c1C)CC=C1[C@@]2(C)C[C@@]2(C)[C@@H]3C[C@](C)(C(=O)O)C(=O)C[C@]3(C)CC[C@]12C. The summed E-state index contributed by atoms with van der Waals surface area (Å²) in [5.74, 6) is -0.573. The highest BCUT2D eigenvalue weighted by Gasteiger charge is 2.71. The molecule has 3 fully saturated rings. The zero-order valence-corrected chi connectivity index (χ0v) is 21.2. The number of phenolic OH excluding ortho intramolecular Hbond substituents is 1. The van der Waals surface area contributed by atoms with Crippen molar-refractivity contribution in [1.29, 1.82) is 0 Å². The third-order valence-electron chi connectivity index (χ3n) is 11.4. The molecule has 0 bridgehead atoms. The number of carbonyl (C=O) groups excluding carboxylic acids is 1. The van der Waals surface area contributed by atoms with Crippen molar-refractivity contribution in [2.45, 2.75) is 92.4 Å². The monoisotopic (exact) mass is 450 g/mol. The minimum absolute atomic E-state index is 0.0577. The number of phenols is 1. The van der Waals surface area contributed by atoms with E-state index in [-0.39, 0.29) is 33.4 Å². The largest absolute Gasteiger partial charge is 0.508 e. The molecule has 0 spiro atoms. The van der Waals surface area contributed by atoms with Crippen LogP contribution in [-0.4, -0.2) is 22.0 Å². The molecule has 178 valence electrons. The molecule has 0 unspecified atom stereocenters. The second-order valence-corrected chi connectivity index (χ2v) is 12.9. The number of hydrogen-bond donors (Lipinski definition) is 2. The van der Waals surface area contributed by atoms with Gasteiger partial charge in [-0.15, -0.1) is 0 Å². The average molecular weight is 451 g/mol. The van der Waals surface area contributed by atoms with E-state index in [0.29, 0.717) is 18.6 Å². The predicted octanol–water partition coefficient (Wildman–Crippen LogP) is 6.04. The summed E-state index contributed by atoms with van der Waals surface area (Å²) in [6.07, 6.45) is 6.98. The van der Waals surface area contributed by atoms with Crippen LogP contribution in [0.1, 0.15) is 89.0 Å². The molecule has 2 N–H and O–H groups in total. The molecule has 33 heavy (non-hydrogen) atoms. The predicted molar refractivity (Wildman–Crippen MR) is 128 cm³/mol. The van der Waals surface area contributed by atoms with Crippen LogP contribution in [0.3, 0.4) is 0 Å². The topological polar surface area (TPSA) is 74.6 Å².